The molecule has 6 heteroatoms. The molecule has 0 aliphatic carbocycles. The van der Waals surface area contributed by atoms with E-state index in [-0.39, 0.29) is 11.9 Å². The number of nitrogens with one attached hydrogen (secondary N) is 2. The predicted octanol–water partition coefficient (Wildman–Crippen LogP) is 1.64. The van der Waals surface area contributed by atoms with Crippen LogP contribution in [-0.2, 0) is 0 Å². The monoisotopic (exact) mass is 250 g/mol. The molecule has 0 spiro atoms. The lowest BCUT2D eigenvalue weighted by Gasteiger charge is -2.07. The van der Waals surface area contributed by atoms with Crippen molar-refractivity contribution in [3.05, 3.63) is 29.8 Å². The third kappa shape index (κ3) is 5.20. The van der Waals surface area contributed by atoms with E-state index >= 15 is 0 Å². The number of oxime groups is 1. The lowest BCUT2D eigenvalue weighted by atomic mass is 10.2. The first-order valence-corrected chi connectivity index (χ1v) is 5.69. The van der Waals surface area contributed by atoms with Crippen LogP contribution < -0.4 is 16.4 Å². The van der Waals surface area contributed by atoms with Gasteiger partial charge in [0.05, 0.1) is 0 Å². The van der Waals surface area contributed by atoms with Crippen LogP contribution >= 0.6 is 0 Å². The Labute approximate surface area is 106 Å². The third-order valence-electron chi connectivity index (χ3n) is 2.33. The van der Waals surface area contributed by atoms with Crippen molar-refractivity contribution >= 4 is 17.6 Å². The van der Waals surface area contributed by atoms with Crippen molar-refractivity contribution in [3.8, 4) is 0 Å². The number of carbonyl (C=O) groups is 1. The molecule has 0 heterocycles. The van der Waals surface area contributed by atoms with Crippen molar-refractivity contribution in [2.45, 2.75) is 19.8 Å². The van der Waals surface area contributed by atoms with Crippen molar-refractivity contribution in [1.82, 2.24) is 5.32 Å². The van der Waals surface area contributed by atoms with Gasteiger partial charge >= 0.3 is 6.03 Å². The predicted molar refractivity (Wildman–Crippen MR) is 70.8 cm³/mol. The molecule has 1 aromatic carbocycles. The number of aryl methyl sites for hydroxylation is 1. The molecule has 0 bridgehead atoms. The van der Waals surface area contributed by atoms with Crippen LogP contribution in [0.15, 0.2) is 29.4 Å². The number of hydrogen-bond donors (Lipinski definition) is 4. The highest BCUT2D eigenvalue weighted by Gasteiger charge is 2.01. The van der Waals surface area contributed by atoms with Gasteiger partial charge in [0.2, 0.25) is 0 Å². The Bertz CT molecular complexity index is 415. The summed E-state index contributed by atoms with van der Waals surface area (Å²) in [7, 11) is 0. The van der Waals surface area contributed by atoms with Crippen LogP contribution in [0.4, 0.5) is 10.5 Å². The third-order valence-corrected chi connectivity index (χ3v) is 2.33. The molecular formula is C12H18N4O2. The molecule has 0 radical (unpaired) electrons. The zero-order chi connectivity index (χ0) is 13.4. The smallest absolute Gasteiger partial charge is 0.319 e. The van der Waals surface area contributed by atoms with Crippen molar-refractivity contribution < 1.29 is 10.0 Å². The van der Waals surface area contributed by atoms with Gasteiger partial charge in [-0.2, -0.15) is 0 Å². The van der Waals surface area contributed by atoms with Gasteiger partial charge in [-0.05, 0) is 25.5 Å². The van der Waals surface area contributed by atoms with Crippen molar-refractivity contribution in [2.75, 3.05) is 11.9 Å². The lowest BCUT2D eigenvalue weighted by molar-refractivity contribution is 0.252. The standard InChI is InChI=1S/C12H18N4O2/c1-9-4-6-10(7-5-9)15-12(17)14-8-2-3-11(13)16-18/h4-7,18H,2-3,8H2,1H3,(H2,13,16)(H2,14,15,17). The van der Waals surface area contributed by atoms with Crippen LogP contribution in [0.3, 0.4) is 0 Å². The van der Waals surface area contributed by atoms with Crippen LogP contribution in [0.1, 0.15) is 18.4 Å². The Hall–Kier alpha value is -2.24. The number of nitrogens with two attached hydrogens (primary N) is 1. The SMILES string of the molecule is Cc1ccc(NC(=O)NCCCC(N)=NO)cc1. The van der Waals surface area contributed by atoms with Crippen molar-refractivity contribution in [2.24, 2.45) is 10.9 Å². The number of nitrogens with zero attached hydrogens (tertiary/aromatic N) is 1. The van der Waals surface area contributed by atoms with Crippen LogP contribution in [0.2, 0.25) is 0 Å². The first-order chi connectivity index (χ1) is 8.61. The molecule has 98 valence electrons. The fraction of sp³-hybridized carbons (Fsp3) is 0.333. The summed E-state index contributed by atoms with van der Waals surface area (Å²) in [5.41, 5.74) is 7.18. The highest BCUT2D eigenvalue weighted by atomic mass is 16.4. The molecule has 1 rings (SSSR count). The Morgan fingerprint density at radius 1 is 1.39 bits per heavy atom. The van der Waals surface area contributed by atoms with Gasteiger partial charge in [-0.25, -0.2) is 4.79 Å². The molecule has 0 saturated heterocycles. The number of hydrogen-bond acceptors (Lipinski definition) is 3. The van der Waals surface area contributed by atoms with Crippen LogP contribution in [0.5, 0.6) is 0 Å². The van der Waals surface area contributed by atoms with Gasteiger partial charge in [-0.1, -0.05) is 22.9 Å². The fourth-order valence-corrected chi connectivity index (χ4v) is 1.33. The van der Waals surface area contributed by atoms with E-state index in [1.165, 1.54) is 0 Å². The number of urea groups is 1. The molecule has 0 aromatic heterocycles. The highest BCUT2D eigenvalue weighted by molar-refractivity contribution is 5.89. The average molecular weight is 250 g/mol. The summed E-state index contributed by atoms with van der Waals surface area (Å²) in [6, 6.07) is 7.26. The summed E-state index contributed by atoms with van der Waals surface area (Å²) in [5, 5.41) is 16.6. The van der Waals surface area contributed by atoms with Crippen LogP contribution in [0, 0.1) is 6.92 Å². The number of benzene rings is 1. The maximum absolute atomic E-state index is 11.5. The van der Waals surface area contributed by atoms with Gasteiger partial charge in [-0.3, -0.25) is 0 Å². The number of carbonyl (C=O) groups excluding carboxylic acids is 1. The first-order valence-electron chi connectivity index (χ1n) is 5.69. The number of amides is 2. The normalized spacial score (nSPS) is 11.1. The van der Waals surface area contributed by atoms with Gasteiger partial charge in [0.1, 0.15) is 5.84 Å². The molecule has 1 aromatic rings. The molecule has 0 fully saturated rings. The quantitative estimate of drug-likeness (QED) is 0.210. The van der Waals surface area contributed by atoms with E-state index in [0.717, 1.165) is 11.3 Å². The summed E-state index contributed by atoms with van der Waals surface area (Å²) >= 11 is 0. The van der Waals surface area contributed by atoms with E-state index in [1.54, 1.807) is 0 Å². The zero-order valence-corrected chi connectivity index (χ0v) is 10.3. The lowest BCUT2D eigenvalue weighted by Crippen LogP contribution is -2.30. The number of anilines is 1. The first kappa shape index (κ1) is 13.8. The highest BCUT2D eigenvalue weighted by Crippen LogP contribution is 2.07. The molecule has 0 unspecified atom stereocenters. The molecule has 0 saturated carbocycles. The minimum absolute atomic E-state index is 0.163. The molecule has 18 heavy (non-hydrogen) atoms. The minimum atomic E-state index is -0.265. The Morgan fingerprint density at radius 2 is 2.06 bits per heavy atom. The Kier molecular flexibility index (Phi) is 5.50. The Morgan fingerprint density at radius 3 is 2.67 bits per heavy atom. The second kappa shape index (κ2) is 7.16. The van der Waals surface area contributed by atoms with E-state index in [1.807, 2.05) is 31.2 Å². The van der Waals surface area contributed by atoms with Gasteiger partial charge in [0, 0.05) is 18.7 Å². The summed E-state index contributed by atoms with van der Waals surface area (Å²) in [5.74, 6) is 0.163. The largest absolute Gasteiger partial charge is 0.409 e. The minimum Gasteiger partial charge on any atom is -0.409 e. The van der Waals surface area contributed by atoms with E-state index in [9.17, 15) is 4.79 Å². The number of amidine groups is 1. The van der Waals surface area contributed by atoms with E-state index < -0.39 is 0 Å². The van der Waals surface area contributed by atoms with Crippen LogP contribution in [-0.4, -0.2) is 23.6 Å². The summed E-state index contributed by atoms with van der Waals surface area (Å²) in [4.78, 5) is 11.5. The summed E-state index contributed by atoms with van der Waals surface area (Å²) in [6.45, 7) is 2.45. The van der Waals surface area contributed by atoms with Crippen LogP contribution in [0.25, 0.3) is 0 Å². The van der Waals surface area contributed by atoms with Gasteiger partial charge in [0.25, 0.3) is 0 Å². The number of rotatable bonds is 5. The second-order valence-corrected chi connectivity index (χ2v) is 3.94. The van der Waals surface area contributed by atoms with E-state index in [2.05, 4.69) is 15.8 Å². The molecule has 6 nitrogen and oxygen atoms in total. The summed E-state index contributed by atoms with van der Waals surface area (Å²) < 4.78 is 0. The van der Waals surface area contributed by atoms with Gasteiger partial charge in [-0.15, -0.1) is 0 Å². The zero-order valence-electron chi connectivity index (χ0n) is 10.3. The Balaban J connectivity index is 2.23. The molecular weight excluding hydrogens is 232 g/mol. The second-order valence-electron chi connectivity index (χ2n) is 3.94. The average Bonchev–Trinajstić information content (AvgIpc) is 2.37. The summed E-state index contributed by atoms with van der Waals surface area (Å²) in [6.07, 6.45) is 1.07. The molecule has 0 aliphatic rings. The van der Waals surface area contributed by atoms with Gasteiger partial charge in [0.15, 0.2) is 0 Å². The molecule has 5 N–H and O–H groups in total. The van der Waals surface area contributed by atoms with E-state index in [4.69, 9.17) is 10.9 Å². The van der Waals surface area contributed by atoms with Crippen molar-refractivity contribution in [1.29, 1.82) is 0 Å². The van der Waals surface area contributed by atoms with Gasteiger partial charge < -0.3 is 21.6 Å². The van der Waals surface area contributed by atoms with E-state index in [0.29, 0.717) is 19.4 Å². The maximum atomic E-state index is 11.5. The molecule has 2 amide bonds. The topological polar surface area (TPSA) is 99.7 Å². The molecule has 0 atom stereocenters. The fourth-order valence-electron chi connectivity index (χ4n) is 1.33. The van der Waals surface area contributed by atoms with Crippen molar-refractivity contribution in [3.63, 3.8) is 0 Å². The molecule has 0 aliphatic heterocycles. The maximum Gasteiger partial charge on any atom is 0.319 e.